The van der Waals surface area contributed by atoms with Gasteiger partial charge in [0.1, 0.15) is 10.7 Å². The number of rotatable bonds is 6. The summed E-state index contributed by atoms with van der Waals surface area (Å²) in [5, 5.41) is 9.18. The van der Waals surface area contributed by atoms with Gasteiger partial charge >= 0.3 is 0 Å². The molecule has 6 nitrogen and oxygen atoms in total. The van der Waals surface area contributed by atoms with Crippen LogP contribution in [-0.2, 0) is 0 Å². The first-order chi connectivity index (χ1) is 12.4. The molecule has 27 heavy (non-hydrogen) atoms. The summed E-state index contributed by atoms with van der Waals surface area (Å²) in [6.07, 6.45) is 0. The lowest BCUT2D eigenvalue weighted by molar-refractivity contribution is 0.0957. The number of carbonyl (C=O) groups excluding carboxylic acids is 1. The van der Waals surface area contributed by atoms with Crippen LogP contribution in [-0.4, -0.2) is 37.0 Å². The van der Waals surface area contributed by atoms with Crippen LogP contribution < -0.4 is 16.0 Å². The van der Waals surface area contributed by atoms with E-state index in [0.717, 1.165) is 11.3 Å². The lowest BCUT2D eigenvalue weighted by atomic mass is 10.1. The molecule has 0 saturated carbocycles. The van der Waals surface area contributed by atoms with Crippen LogP contribution in [0.5, 0.6) is 0 Å². The second-order valence-corrected chi connectivity index (χ2v) is 6.75. The van der Waals surface area contributed by atoms with Gasteiger partial charge < -0.3 is 16.0 Å². The third-order valence-electron chi connectivity index (χ3n) is 3.93. The summed E-state index contributed by atoms with van der Waals surface area (Å²) in [6.45, 7) is 6.44. The molecule has 2 rings (SSSR count). The van der Waals surface area contributed by atoms with E-state index in [-0.39, 0.29) is 41.7 Å². The van der Waals surface area contributed by atoms with Gasteiger partial charge in [-0.3, -0.25) is 9.79 Å². The predicted octanol–water partition coefficient (Wildman–Crippen LogP) is 3.17. The Balaban J connectivity index is 0.00000364. The molecule has 0 bridgehead atoms. The number of aliphatic imine (C=N–C) groups is 1. The summed E-state index contributed by atoms with van der Waals surface area (Å²) in [4.78, 5) is 20.9. The van der Waals surface area contributed by atoms with Crippen molar-refractivity contribution in [3.8, 4) is 0 Å². The van der Waals surface area contributed by atoms with Crippen LogP contribution in [0.3, 0.4) is 0 Å². The number of thiazole rings is 1. The topological polar surface area (TPSA) is 78.4 Å². The molecular formula is C18H25FIN5OS. The molecule has 0 aliphatic carbocycles. The van der Waals surface area contributed by atoms with Gasteiger partial charge in [-0.25, -0.2) is 9.37 Å². The van der Waals surface area contributed by atoms with Crippen molar-refractivity contribution in [2.45, 2.75) is 26.8 Å². The van der Waals surface area contributed by atoms with E-state index in [2.05, 4.69) is 25.9 Å². The maximum absolute atomic E-state index is 13.7. The summed E-state index contributed by atoms with van der Waals surface area (Å²) >= 11 is 1.32. The summed E-state index contributed by atoms with van der Waals surface area (Å²) in [5.74, 6) is 0.236. The fourth-order valence-electron chi connectivity index (χ4n) is 2.32. The highest BCUT2D eigenvalue weighted by atomic mass is 127. The van der Waals surface area contributed by atoms with E-state index >= 15 is 0 Å². The highest BCUT2D eigenvalue weighted by molar-refractivity contribution is 14.0. The first kappa shape index (κ1) is 23.3. The SMILES string of the molecule is CN=C(NCCNC(=O)c1scnc1C)NC(C)c1ccc(C)c(F)c1.I. The monoisotopic (exact) mass is 505 g/mol. The Bertz CT molecular complexity index is 796. The molecule has 1 atom stereocenters. The van der Waals surface area contributed by atoms with Crippen molar-refractivity contribution in [3.63, 3.8) is 0 Å². The van der Waals surface area contributed by atoms with Crippen LogP contribution in [0.1, 0.15) is 39.5 Å². The van der Waals surface area contributed by atoms with Crippen molar-refractivity contribution in [1.82, 2.24) is 20.9 Å². The molecule has 148 valence electrons. The zero-order chi connectivity index (χ0) is 19.1. The minimum absolute atomic E-state index is 0. The van der Waals surface area contributed by atoms with Gasteiger partial charge in [0, 0.05) is 20.1 Å². The van der Waals surface area contributed by atoms with Crippen molar-refractivity contribution < 1.29 is 9.18 Å². The molecule has 1 amide bonds. The van der Waals surface area contributed by atoms with Crippen LogP contribution in [0.4, 0.5) is 4.39 Å². The first-order valence-electron chi connectivity index (χ1n) is 8.34. The standard InChI is InChI=1S/C18H24FN5OS.HI/c1-11-5-6-14(9-15(11)19)12(2)24-18(20-4)22-8-7-21-17(25)16-13(3)23-10-26-16;/h5-6,9-10,12H,7-8H2,1-4H3,(H,21,25)(H2,20,22,24);1H. The van der Waals surface area contributed by atoms with Crippen molar-refractivity contribution >= 4 is 47.2 Å². The summed E-state index contributed by atoms with van der Waals surface area (Å²) in [7, 11) is 1.66. The van der Waals surface area contributed by atoms with Crippen LogP contribution in [0.15, 0.2) is 28.7 Å². The predicted molar refractivity (Wildman–Crippen MR) is 119 cm³/mol. The Kier molecular flexibility index (Phi) is 9.64. The second kappa shape index (κ2) is 11.2. The molecule has 1 aromatic carbocycles. The Hall–Kier alpha value is -1.75. The van der Waals surface area contributed by atoms with Gasteiger partial charge in [-0.15, -0.1) is 35.3 Å². The number of guanidine groups is 1. The van der Waals surface area contributed by atoms with Gasteiger partial charge in [-0.2, -0.15) is 0 Å². The van der Waals surface area contributed by atoms with Gasteiger partial charge in [-0.1, -0.05) is 12.1 Å². The lowest BCUT2D eigenvalue weighted by Gasteiger charge is -2.18. The number of nitrogens with zero attached hydrogens (tertiary/aromatic N) is 2. The molecule has 1 heterocycles. The number of benzene rings is 1. The molecule has 1 aromatic heterocycles. The van der Waals surface area contributed by atoms with E-state index < -0.39 is 0 Å². The average molecular weight is 505 g/mol. The molecule has 0 fully saturated rings. The van der Waals surface area contributed by atoms with Crippen LogP contribution in [0.25, 0.3) is 0 Å². The number of aromatic nitrogens is 1. The molecule has 9 heteroatoms. The maximum atomic E-state index is 13.7. The molecule has 0 spiro atoms. The van der Waals surface area contributed by atoms with Gasteiger partial charge in [0.2, 0.25) is 0 Å². The highest BCUT2D eigenvalue weighted by Crippen LogP contribution is 2.16. The zero-order valence-corrected chi connectivity index (χ0v) is 18.9. The van der Waals surface area contributed by atoms with E-state index in [4.69, 9.17) is 0 Å². The smallest absolute Gasteiger partial charge is 0.263 e. The molecule has 0 aliphatic rings. The van der Waals surface area contributed by atoms with Crippen LogP contribution in [0.2, 0.25) is 0 Å². The summed E-state index contributed by atoms with van der Waals surface area (Å²) in [5.41, 5.74) is 3.85. The van der Waals surface area contributed by atoms with Crippen molar-refractivity contribution in [3.05, 3.63) is 51.2 Å². The summed E-state index contributed by atoms with van der Waals surface area (Å²) in [6, 6.07) is 5.07. The van der Waals surface area contributed by atoms with E-state index in [1.807, 2.05) is 19.9 Å². The fourth-order valence-corrected chi connectivity index (χ4v) is 3.04. The molecule has 2 aromatic rings. The van der Waals surface area contributed by atoms with E-state index in [1.54, 1.807) is 25.5 Å². The van der Waals surface area contributed by atoms with Gasteiger partial charge in [0.05, 0.1) is 17.2 Å². The normalized spacial score (nSPS) is 12.1. The molecule has 3 N–H and O–H groups in total. The van der Waals surface area contributed by atoms with Crippen LogP contribution in [0, 0.1) is 19.7 Å². The van der Waals surface area contributed by atoms with Crippen molar-refractivity contribution in [1.29, 1.82) is 0 Å². The van der Waals surface area contributed by atoms with Gasteiger partial charge in [0.15, 0.2) is 5.96 Å². The number of halogens is 2. The van der Waals surface area contributed by atoms with Gasteiger partial charge in [-0.05, 0) is 38.0 Å². The molecule has 1 unspecified atom stereocenters. The Morgan fingerprint density at radius 2 is 2.00 bits per heavy atom. The van der Waals surface area contributed by atoms with Crippen molar-refractivity contribution in [2.24, 2.45) is 4.99 Å². The summed E-state index contributed by atoms with van der Waals surface area (Å²) < 4.78 is 13.7. The molecular weight excluding hydrogens is 480 g/mol. The Morgan fingerprint density at radius 3 is 2.59 bits per heavy atom. The number of amides is 1. The van der Waals surface area contributed by atoms with E-state index in [0.29, 0.717) is 29.5 Å². The molecule has 0 saturated heterocycles. The van der Waals surface area contributed by atoms with E-state index in [1.165, 1.54) is 17.4 Å². The van der Waals surface area contributed by atoms with Crippen molar-refractivity contribution in [2.75, 3.05) is 20.1 Å². The molecule has 0 aliphatic heterocycles. The third-order valence-corrected chi connectivity index (χ3v) is 4.85. The second-order valence-electron chi connectivity index (χ2n) is 5.90. The zero-order valence-electron chi connectivity index (χ0n) is 15.8. The number of aryl methyl sites for hydroxylation is 2. The largest absolute Gasteiger partial charge is 0.355 e. The lowest BCUT2D eigenvalue weighted by Crippen LogP contribution is -2.42. The minimum atomic E-state index is -0.222. The number of nitrogens with one attached hydrogen (secondary N) is 3. The van der Waals surface area contributed by atoms with E-state index in [9.17, 15) is 9.18 Å². The van der Waals surface area contributed by atoms with Gasteiger partial charge in [0.25, 0.3) is 5.91 Å². The quantitative estimate of drug-likeness (QED) is 0.244. The Labute approximate surface area is 180 Å². The highest BCUT2D eigenvalue weighted by Gasteiger charge is 2.12. The third kappa shape index (κ3) is 6.73. The average Bonchev–Trinajstić information content (AvgIpc) is 3.05. The van der Waals surface area contributed by atoms with Crippen LogP contribution >= 0.6 is 35.3 Å². The number of hydrogen-bond acceptors (Lipinski definition) is 4. The fraction of sp³-hybridized carbons (Fsp3) is 0.389. The molecule has 0 radical (unpaired) electrons. The minimum Gasteiger partial charge on any atom is -0.355 e. The Morgan fingerprint density at radius 1 is 1.30 bits per heavy atom. The number of carbonyl (C=O) groups is 1. The number of hydrogen-bond donors (Lipinski definition) is 3. The first-order valence-corrected chi connectivity index (χ1v) is 9.22. The maximum Gasteiger partial charge on any atom is 0.263 e.